The maximum absolute atomic E-state index is 12.5. The number of amides is 1. The Labute approximate surface area is 135 Å². The number of phenols is 1. The predicted molar refractivity (Wildman–Crippen MR) is 89.0 cm³/mol. The molecule has 0 saturated heterocycles. The molecule has 2 aromatic rings. The third-order valence-electron chi connectivity index (χ3n) is 3.43. The number of nitrogens with zero attached hydrogens (tertiary/aromatic N) is 2. The quantitative estimate of drug-likeness (QED) is 0.851. The molecule has 0 fully saturated rings. The highest BCUT2D eigenvalue weighted by Crippen LogP contribution is 2.19. The molecule has 22 heavy (non-hydrogen) atoms. The summed E-state index contributed by atoms with van der Waals surface area (Å²) in [7, 11) is 0. The number of thiazole rings is 1. The summed E-state index contributed by atoms with van der Waals surface area (Å²) in [6.45, 7) is 5.22. The highest BCUT2D eigenvalue weighted by Gasteiger charge is 2.16. The molecule has 1 heterocycles. The first-order chi connectivity index (χ1) is 10.6. The highest BCUT2D eigenvalue weighted by molar-refractivity contribution is 7.09. The second kappa shape index (κ2) is 7.94. The Balaban J connectivity index is 2.06. The molecule has 5 heteroatoms. The van der Waals surface area contributed by atoms with Gasteiger partial charge in [0.05, 0.1) is 17.1 Å². The van der Waals surface area contributed by atoms with Crippen molar-refractivity contribution in [2.75, 3.05) is 6.54 Å². The van der Waals surface area contributed by atoms with Gasteiger partial charge in [0, 0.05) is 24.0 Å². The van der Waals surface area contributed by atoms with Gasteiger partial charge in [-0.3, -0.25) is 4.79 Å². The molecule has 0 unspecified atom stereocenters. The molecular weight excluding hydrogens is 296 g/mol. The van der Waals surface area contributed by atoms with Gasteiger partial charge in [-0.05, 0) is 18.9 Å². The molecule has 1 aromatic carbocycles. The molecule has 4 nitrogen and oxygen atoms in total. The molecule has 2 rings (SSSR count). The Morgan fingerprint density at radius 1 is 1.32 bits per heavy atom. The summed E-state index contributed by atoms with van der Waals surface area (Å²) in [6, 6.07) is 7.16. The Morgan fingerprint density at radius 2 is 2.09 bits per heavy atom. The standard InChI is InChI=1S/C17H22N2O2S/c1-3-9-19(11-13-7-5-6-8-15(13)20)17(21)10-14-12-22-16(4-2)18-14/h5-8,12,20H,3-4,9-11H2,1-2H3. The highest BCUT2D eigenvalue weighted by atomic mass is 32.1. The number of hydrogen-bond donors (Lipinski definition) is 1. The van der Waals surface area contributed by atoms with E-state index in [0.29, 0.717) is 19.5 Å². The maximum Gasteiger partial charge on any atom is 0.228 e. The molecule has 0 aliphatic carbocycles. The minimum absolute atomic E-state index is 0.0538. The third kappa shape index (κ3) is 4.31. The van der Waals surface area contributed by atoms with Crippen LogP contribution in [0.5, 0.6) is 5.75 Å². The number of carbonyl (C=O) groups excluding carboxylic acids is 1. The van der Waals surface area contributed by atoms with E-state index in [1.807, 2.05) is 24.4 Å². The van der Waals surface area contributed by atoms with Gasteiger partial charge in [-0.25, -0.2) is 4.98 Å². The Hall–Kier alpha value is -1.88. The average molecular weight is 318 g/mol. The van der Waals surface area contributed by atoms with Crippen LogP contribution in [0.3, 0.4) is 0 Å². The lowest BCUT2D eigenvalue weighted by Gasteiger charge is -2.22. The molecule has 0 saturated carbocycles. The molecule has 1 amide bonds. The van der Waals surface area contributed by atoms with Crippen molar-refractivity contribution in [3.8, 4) is 5.75 Å². The van der Waals surface area contributed by atoms with E-state index in [2.05, 4.69) is 11.9 Å². The molecule has 0 aliphatic rings. The van der Waals surface area contributed by atoms with Crippen molar-refractivity contribution in [1.82, 2.24) is 9.88 Å². The van der Waals surface area contributed by atoms with E-state index in [-0.39, 0.29) is 11.7 Å². The number of benzene rings is 1. The fraction of sp³-hybridized carbons (Fsp3) is 0.412. The predicted octanol–water partition coefficient (Wildman–Crippen LogP) is 3.39. The van der Waals surface area contributed by atoms with Crippen molar-refractivity contribution >= 4 is 17.2 Å². The maximum atomic E-state index is 12.5. The van der Waals surface area contributed by atoms with Crippen LogP contribution in [0.25, 0.3) is 0 Å². The molecule has 1 N–H and O–H groups in total. The first-order valence-corrected chi connectivity index (χ1v) is 8.49. The molecule has 0 atom stereocenters. The van der Waals surface area contributed by atoms with Gasteiger partial charge >= 0.3 is 0 Å². The minimum atomic E-state index is 0.0538. The van der Waals surface area contributed by atoms with Crippen LogP contribution in [0.2, 0.25) is 0 Å². The normalized spacial score (nSPS) is 10.6. The zero-order valence-corrected chi connectivity index (χ0v) is 13.9. The van der Waals surface area contributed by atoms with Gasteiger partial charge in [-0.15, -0.1) is 11.3 Å². The smallest absolute Gasteiger partial charge is 0.228 e. The summed E-state index contributed by atoms with van der Waals surface area (Å²) in [6.07, 6.45) is 2.11. The lowest BCUT2D eigenvalue weighted by Crippen LogP contribution is -2.32. The van der Waals surface area contributed by atoms with Gasteiger partial charge in [0.1, 0.15) is 5.75 Å². The van der Waals surface area contributed by atoms with Crippen LogP contribution in [0.1, 0.15) is 36.5 Å². The molecule has 118 valence electrons. The second-order valence-electron chi connectivity index (χ2n) is 5.21. The van der Waals surface area contributed by atoms with Crippen LogP contribution in [0.4, 0.5) is 0 Å². The van der Waals surface area contributed by atoms with Crippen molar-refractivity contribution in [3.05, 3.63) is 45.9 Å². The van der Waals surface area contributed by atoms with Crippen molar-refractivity contribution in [1.29, 1.82) is 0 Å². The third-order valence-corrected chi connectivity index (χ3v) is 4.48. The number of para-hydroxylation sites is 1. The Bertz CT molecular complexity index is 625. The lowest BCUT2D eigenvalue weighted by molar-refractivity contribution is -0.131. The molecule has 0 aliphatic heterocycles. The van der Waals surface area contributed by atoms with Crippen LogP contribution in [0, 0.1) is 0 Å². The van der Waals surface area contributed by atoms with Crippen LogP contribution in [-0.2, 0) is 24.2 Å². The first kappa shape index (κ1) is 16.5. The van der Waals surface area contributed by atoms with E-state index in [0.717, 1.165) is 29.1 Å². The van der Waals surface area contributed by atoms with Gasteiger partial charge in [0.15, 0.2) is 0 Å². The number of hydrogen-bond acceptors (Lipinski definition) is 4. The zero-order chi connectivity index (χ0) is 15.9. The van der Waals surface area contributed by atoms with E-state index in [9.17, 15) is 9.90 Å². The summed E-state index contributed by atoms with van der Waals surface area (Å²) in [5.41, 5.74) is 1.61. The number of rotatable bonds is 7. The molecule has 0 radical (unpaired) electrons. The zero-order valence-electron chi connectivity index (χ0n) is 13.1. The van der Waals surface area contributed by atoms with Crippen LogP contribution < -0.4 is 0 Å². The van der Waals surface area contributed by atoms with Crippen LogP contribution in [-0.4, -0.2) is 27.4 Å². The van der Waals surface area contributed by atoms with Crippen LogP contribution >= 0.6 is 11.3 Å². The summed E-state index contributed by atoms with van der Waals surface area (Å²) in [4.78, 5) is 18.8. The number of aryl methyl sites for hydroxylation is 1. The van der Waals surface area contributed by atoms with Crippen LogP contribution in [0.15, 0.2) is 29.6 Å². The van der Waals surface area contributed by atoms with Crippen molar-refractivity contribution in [3.63, 3.8) is 0 Å². The molecule has 1 aromatic heterocycles. The largest absolute Gasteiger partial charge is 0.508 e. The fourth-order valence-electron chi connectivity index (χ4n) is 2.27. The van der Waals surface area contributed by atoms with E-state index in [1.54, 1.807) is 28.4 Å². The topological polar surface area (TPSA) is 53.4 Å². The minimum Gasteiger partial charge on any atom is -0.508 e. The summed E-state index contributed by atoms with van der Waals surface area (Å²) >= 11 is 1.60. The number of carbonyl (C=O) groups is 1. The molecule has 0 spiro atoms. The van der Waals surface area contributed by atoms with E-state index in [4.69, 9.17) is 0 Å². The van der Waals surface area contributed by atoms with Gasteiger partial charge in [0.25, 0.3) is 0 Å². The Kier molecular flexibility index (Phi) is 5.95. The van der Waals surface area contributed by atoms with Gasteiger partial charge in [0.2, 0.25) is 5.91 Å². The number of aromatic hydroxyl groups is 1. The van der Waals surface area contributed by atoms with E-state index < -0.39 is 0 Å². The lowest BCUT2D eigenvalue weighted by atomic mass is 10.1. The van der Waals surface area contributed by atoms with Crippen molar-refractivity contribution in [2.45, 2.75) is 39.7 Å². The SMILES string of the molecule is CCCN(Cc1ccccc1O)C(=O)Cc1csc(CC)n1. The molecule has 0 bridgehead atoms. The van der Waals surface area contributed by atoms with Gasteiger partial charge in [-0.2, -0.15) is 0 Å². The van der Waals surface area contributed by atoms with Crippen molar-refractivity contribution < 1.29 is 9.90 Å². The average Bonchev–Trinajstić information content (AvgIpc) is 2.96. The summed E-state index contributed by atoms with van der Waals surface area (Å²) < 4.78 is 0. The number of aromatic nitrogens is 1. The van der Waals surface area contributed by atoms with E-state index >= 15 is 0 Å². The first-order valence-electron chi connectivity index (χ1n) is 7.62. The van der Waals surface area contributed by atoms with E-state index in [1.165, 1.54) is 0 Å². The fourth-order valence-corrected chi connectivity index (χ4v) is 3.02. The summed E-state index contributed by atoms with van der Waals surface area (Å²) in [5.74, 6) is 0.288. The second-order valence-corrected chi connectivity index (χ2v) is 6.15. The summed E-state index contributed by atoms with van der Waals surface area (Å²) in [5, 5.41) is 12.9. The van der Waals surface area contributed by atoms with Gasteiger partial charge < -0.3 is 10.0 Å². The monoisotopic (exact) mass is 318 g/mol. The van der Waals surface area contributed by atoms with Crippen molar-refractivity contribution in [2.24, 2.45) is 0 Å². The molecular formula is C17H22N2O2S. The van der Waals surface area contributed by atoms with Gasteiger partial charge in [-0.1, -0.05) is 32.0 Å². The Morgan fingerprint density at radius 3 is 2.73 bits per heavy atom. The number of phenolic OH excluding ortho intramolecular Hbond substituents is 1.